The van der Waals surface area contributed by atoms with Gasteiger partial charge in [0, 0.05) is 6.61 Å². The van der Waals surface area contributed by atoms with Gasteiger partial charge in [0.2, 0.25) is 0 Å². The Bertz CT molecular complexity index is 86.7. The van der Waals surface area contributed by atoms with Crippen molar-refractivity contribution >= 4 is 0 Å². The van der Waals surface area contributed by atoms with Crippen LogP contribution in [0.1, 0.15) is 27.2 Å². The largest absolute Gasteiger partial charge is 0.381 e. The molecule has 0 aromatic carbocycles. The molecule has 0 fully saturated rings. The Morgan fingerprint density at radius 1 is 1.40 bits per heavy atom. The molecule has 10 heavy (non-hydrogen) atoms. The smallest absolute Gasteiger partial charge is 0.0525 e. The molecule has 0 aliphatic carbocycles. The second-order valence-corrected chi connectivity index (χ2v) is 2.47. The van der Waals surface area contributed by atoms with E-state index in [1.54, 1.807) is 0 Å². The van der Waals surface area contributed by atoms with Crippen molar-refractivity contribution in [2.45, 2.75) is 27.2 Å². The molecule has 60 valence electrons. The number of allylic oxidation sites excluding steroid dienone is 1. The van der Waals surface area contributed by atoms with Gasteiger partial charge in [0.15, 0.2) is 0 Å². The average Bonchev–Trinajstić information content (AvgIpc) is 1.97. The maximum Gasteiger partial charge on any atom is 0.0525 e. The first kappa shape index (κ1) is 9.70. The Balaban J connectivity index is 3.24. The third-order valence-electron chi connectivity index (χ3n) is 1.29. The third-order valence-corrected chi connectivity index (χ3v) is 1.29. The zero-order valence-corrected chi connectivity index (χ0v) is 7.26. The summed E-state index contributed by atoms with van der Waals surface area (Å²) < 4.78 is 5.24. The molecule has 0 rings (SSSR count). The molecule has 0 radical (unpaired) electrons. The molecule has 0 aromatic heterocycles. The highest BCUT2D eigenvalue weighted by Crippen LogP contribution is 1.98. The average molecular weight is 142 g/mol. The molecule has 0 aromatic rings. The van der Waals surface area contributed by atoms with Gasteiger partial charge in [-0.15, -0.1) is 0 Å². The van der Waals surface area contributed by atoms with E-state index in [0.717, 1.165) is 19.6 Å². The first-order valence-electron chi connectivity index (χ1n) is 4.05. The molecular formula is C9H18O. The molecule has 0 aliphatic rings. The van der Waals surface area contributed by atoms with E-state index in [4.69, 9.17) is 4.74 Å². The van der Waals surface area contributed by atoms with Crippen LogP contribution in [0.15, 0.2) is 12.2 Å². The van der Waals surface area contributed by atoms with Crippen LogP contribution in [-0.2, 0) is 4.74 Å². The minimum Gasteiger partial charge on any atom is -0.381 e. The Kier molecular flexibility index (Phi) is 6.61. The second kappa shape index (κ2) is 6.81. The molecule has 0 spiro atoms. The fourth-order valence-electron chi connectivity index (χ4n) is 0.728. The molecule has 1 heteroatoms. The topological polar surface area (TPSA) is 9.23 Å². The molecule has 0 N–H and O–H groups in total. The molecule has 0 saturated heterocycles. The van der Waals surface area contributed by atoms with E-state index in [1.807, 2.05) is 6.92 Å². The van der Waals surface area contributed by atoms with Crippen molar-refractivity contribution in [1.82, 2.24) is 0 Å². The predicted molar refractivity (Wildman–Crippen MR) is 45.1 cm³/mol. The van der Waals surface area contributed by atoms with E-state index >= 15 is 0 Å². The summed E-state index contributed by atoms with van der Waals surface area (Å²) in [5.41, 5.74) is 0. The molecule has 0 bridgehead atoms. The van der Waals surface area contributed by atoms with Gasteiger partial charge in [0.25, 0.3) is 0 Å². The molecule has 0 amide bonds. The lowest BCUT2D eigenvalue weighted by atomic mass is 10.2. The van der Waals surface area contributed by atoms with Gasteiger partial charge in [0.1, 0.15) is 0 Å². The summed E-state index contributed by atoms with van der Waals surface area (Å²) in [5, 5.41) is 0. The van der Waals surface area contributed by atoms with E-state index in [9.17, 15) is 0 Å². The van der Waals surface area contributed by atoms with Crippen molar-refractivity contribution in [1.29, 1.82) is 0 Å². The fraction of sp³-hybridized carbons (Fsp3) is 0.778. The number of rotatable bonds is 5. The van der Waals surface area contributed by atoms with Gasteiger partial charge in [-0.3, -0.25) is 0 Å². The highest BCUT2D eigenvalue weighted by molar-refractivity contribution is 4.84. The Hall–Kier alpha value is -0.300. The van der Waals surface area contributed by atoms with Gasteiger partial charge in [-0.1, -0.05) is 26.0 Å². The standard InChI is InChI=1S/C9H18O/c1-4-6-7-9(3)8-10-5-2/h6-7,9H,4-5,8H2,1-3H3/b7-6+. The molecule has 1 unspecified atom stereocenters. The zero-order valence-electron chi connectivity index (χ0n) is 7.26. The van der Waals surface area contributed by atoms with E-state index in [1.165, 1.54) is 0 Å². The van der Waals surface area contributed by atoms with E-state index in [-0.39, 0.29) is 0 Å². The number of hydrogen-bond donors (Lipinski definition) is 0. The van der Waals surface area contributed by atoms with Crippen molar-refractivity contribution in [3.05, 3.63) is 12.2 Å². The van der Waals surface area contributed by atoms with Crippen molar-refractivity contribution in [3.8, 4) is 0 Å². The van der Waals surface area contributed by atoms with Crippen LogP contribution in [-0.4, -0.2) is 13.2 Å². The summed E-state index contributed by atoms with van der Waals surface area (Å²) in [6, 6.07) is 0. The van der Waals surface area contributed by atoms with Crippen molar-refractivity contribution < 1.29 is 4.74 Å². The van der Waals surface area contributed by atoms with E-state index < -0.39 is 0 Å². The van der Waals surface area contributed by atoms with E-state index in [2.05, 4.69) is 26.0 Å². The van der Waals surface area contributed by atoms with Crippen LogP contribution in [0.2, 0.25) is 0 Å². The normalized spacial score (nSPS) is 14.3. The highest BCUT2D eigenvalue weighted by Gasteiger charge is 1.93. The minimum atomic E-state index is 0.569. The van der Waals surface area contributed by atoms with Gasteiger partial charge in [-0.25, -0.2) is 0 Å². The Labute approximate surface area is 64.1 Å². The van der Waals surface area contributed by atoms with Crippen molar-refractivity contribution in [2.24, 2.45) is 5.92 Å². The lowest BCUT2D eigenvalue weighted by molar-refractivity contribution is 0.129. The maximum absolute atomic E-state index is 5.24. The molecule has 1 nitrogen and oxygen atoms in total. The summed E-state index contributed by atoms with van der Waals surface area (Å²) in [6.45, 7) is 8.01. The van der Waals surface area contributed by atoms with Crippen LogP contribution in [0.4, 0.5) is 0 Å². The van der Waals surface area contributed by atoms with Crippen LogP contribution in [0.25, 0.3) is 0 Å². The monoisotopic (exact) mass is 142 g/mol. The number of hydrogen-bond acceptors (Lipinski definition) is 1. The van der Waals surface area contributed by atoms with Crippen LogP contribution in [0.3, 0.4) is 0 Å². The molecular weight excluding hydrogens is 124 g/mol. The van der Waals surface area contributed by atoms with Gasteiger partial charge in [-0.05, 0) is 19.3 Å². The molecule has 1 atom stereocenters. The maximum atomic E-state index is 5.24. The van der Waals surface area contributed by atoms with Gasteiger partial charge < -0.3 is 4.74 Å². The molecule has 0 aliphatic heterocycles. The molecule has 0 heterocycles. The molecule has 0 saturated carbocycles. The van der Waals surface area contributed by atoms with Crippen LogP contribution in [0, 0.1) is 5.92 Å². The SMILES string of the molecule is CC/C=C/C(C)COCC. The van der Waals surface area contributed by atoms with Crippen LogP contribution >= 0.6 is 0 Å². The lowest BCUT2D eigenvalue weighted by Gasteiger charge is -2.04. The van der Waals surface area contributed by atoms with Gasteiger partial charge >= 0.3 is 0 Å². The summed E-state index contributed by atoms with van der Waals surface area (Å²) in [6.07, 6.45) is 5.51. The summed E-state index contributed by atoms with van der Waals surface area (Å²) in [7, 11) is 0. The first-order valence-corrected chi connectivity index (χ1v) is 4.05. The summed E-state index contributed by atoms with van der Waals surface area (Å²) in [4.78, 5) is 0. The number of ether oxygens (including phenoxy) is 1. The predicted octanol–water partition coefficient (Wildman–Crippen LogP) is 2.63. The summed E-state index contributed by atoms with van der Waals surface area (Å²) >= 11 is 0. The van der Waals surface area contributed by atoms with Gasteiger partial charge in [0.05, 0.1) is 6.61 Å². The third kappa shape index (κ3) is 5.83. The Morgan fingerprint density at radius 3 is 2.60 bits per heavy atom. The van der Waals surface area contributed by atoms with Crippen LogP contribution in [0.5, 0.6) is 0 Å². The fourth-order valence-corrected chi connectivity index (χ4v) is 0.728. The summed E-state index contributed by atoms with van der Waals surface area (Å²) in [5.74, 6) is 0.569. The van der Waals surface area contributed by atoms with Crippen molar-refractivity contribution in [2.75, 3.05) is 13.2 Å². The van der Waals surface area contributed by atoms with Gasteiger partial charge in [-0.2, -0.15) is 0 Å². The Morgan fingerprint density at radius 2 is 2.10 bits per heavy atom. The minimum absolute atomic E-state index is 0.569. The quantitative estimate of drug-likeness (QED) is 0.536. The van der Waals surface area contributed by atoms with Crippen molar-refractivity contribution in [3.63, 3.8) is 0 Å². The van der Waals surface area contributed by atoms with E-state index in [0.29, 0.717) is 5.92 Å². The zero-order chi connectivity index (χ0) is 7.82. The first-order chi connectivity index (χ1) is 4.81. The highest BCUT2D eigenvalue weighted by atomic mass is 16.5. The lowest BCUT2D eigenvalue weighted by Crippen LogP contribution is -2.02. The van der Waals surface area contributed by atoms with Crippen LogP contribution < -0.4 is 0 Å². The second-order valence-electron chi connectivity index (χ2n) is 2.47.